The van der Waals surface area contributed by atoms with Crippen molar-refractivity contribution in [3.63, 3.8) is 0 Å². The smallest absolute Gasteiger partial charge is 0.175 e. The summed E-state index contributed by atoms with van der Waals surface area (Å²) in [6.07, 6.45) is 8.88. The molecule has 1 aromatic carbocycles. The third-order valence-electron chi connectivity index (χ3n) is 3.59. The number of hydrogen-bond donors (Lipinski definition) is 0. The Bertz CT molecular complexity index is 761. The van der Waals surface area contributed by atoms with E-state index >= 15 is 0 Å². The molecule has 1 aliphatic rings. The van der Waals surface area contributed by atoms with E-state index < -0.39 is 9.84 Å². The fraction of sp³-hybridized carbons (Fsp3) is 0.333. The second kappa shape index (κ2) is 5.69. The summed E-state index contributed by atoms with van der Waals surface area (Å²) in [6, 6.07) is 6.83. The van der Waals surface area contributed by atoms with Crippen LogP contribution in [0.2, 0.25) is 0 Å². The third kappa shape index (κ3) is 3.22. The van der Waals surface area contributed by atoms with Gasteiger partial charge < -0.3 is 0 Å². The van der Waals surface area contributed by atoms with Gasteiger partial charge in [0.25, 0.3) is 0 Å². The first-order chi connectivity index (χ1) is 10.0. The van der Waals surface area contributed by atoms with E-state index in [9.17, 15) is 8.42 Å². The summed E-state index contributed by atoms with van der Waals surface area (Å²) in [7, 11) is -3.15. The van der Waals surface area contributed by atoms with Crippen molar-refractivity contribution in [1.29, 1.82) is 0 Å². The Hall–Kier alpha value is -1.53. The normalized spacial score (nSPS) is 18.8. The molecule has 21 heavy (non-hydrogen) atoms. The van der Waals surface area contributed by atoms with Crippen molar-refractivity contribution in [3.8, 4) is 10.6 Å². The highest BCUT2D eigenvalue weighted by Gasteiger charge is 2.18. The first-order valence-corrected chi connectivity index (χ1v) is 9.54. The summed E-state index contributed by atoms with van der Waals surface area (Å²) in [5.74, 6) is 0.469. The molecule has 0 spiro atoms. The molecule has 0 amide bonds. The molecule has 110 valence electrons. The zero-order valence-electron chi connectivity index (χ0n) is 11.7. The molecule has 0 bridgehead atoms. The van der Waals surface area contributed by atoms with Crippen LogP contribution < -0.4 is 0 Å². The van der Waals surface area contributed by atoms with Gasteiger partial charge in [-0.3, -0.25) is 0 Å². The van der Waals surface area contributed by atoms with Crippen molar-refractivity contribution in [3.05, 3.63) is 41.4 Å². The van der Waals surface area contributed by atoms with Gasteiger partial charge in [0.15, 0.2) is 9.84 Å². The van der Waals surface area contributed by atoms with Crippen LogP contribution in [-0.4, -0.2) is 24.9 Å². The summed E-state index contributed by atoms with van der Waals surface area (Å²) in [5.41, 5.74) is 0.914. The lowest BCUT2D eigenvalue weighted by molar-refractivity contribution is 0.602. The molecular formula is C15H16N2O2S2. The molecule has 3 rings (SSSR count). The quantitative estimate of drug-likeness (QED) is 0.813. The maximum Gasteiger partial charge on any atom is 0.175 e. The molecule has 1 aliphatic carbocycles. The second-order valence-electron chi connectivity index (χ2n) is 5.22. The molecule has 0 fully saturated rings. The molecule has 1 unspecified atom stereocenters. The van der Waals surface area contributed by atoms with Gasteiger partial charge in [-0.15, -0.1) is 10.2 Å². The zero-order valence-corrected chi connectivity index (χ0v) is 13.3. The van der Waals surface area contributed by atoms with Crippen molar-refractivity contribution in [2.75, 3.05) is 6.26 Å². The van der Waals surface area contributed by atoms with Crippen LogP contribution in [0.1, 0.15) is 30.2 Å². The second-order valence-corrected chi connectivity index (χ2v) is 8.25. The minimum Gasteiger partial charge on any atom is -0.224 e. The summed E-state index contributed by atoms with van der Waals surface area (Å²) < 4.78 is 22.9. The number of sulfone groups is 1. The molecular weight excluding hydrogens is 304 g/mol. The van der Waals surface area contributed by atoms with Crippen molar-refractivity contribution in [1.82, 2.24) is 10.2 Å². The van der Waals surface area contributed by atoms with Gasteiger partial charge in [0, 0.05) is 17.7 Å². The Morgan fingerprint density at radius 3 is 2.52 bits per heavy atom. The number of benzene rings is 1. The van der Waals surface area contributed by atoms with E-state index in [1.165, 1.54) is 6.26 Å². The lowest BCUT2D eigenvalue weighted by Gasteiger charge is -2.13. The molecule has 2 aromatic rings. The molecule has 1 atom stereocenters. The van der Waals surface area contributed by atoms with E-state index in [0.717, 1.165) is 34.8 Å². The SMILES string of the molecule is CS(=O)(=O)c1ccc(-c2nnc(C3CC=CCC3)s2)cc1. The number of nitrogens with zero attached hydrogens (tertiary/aromatic N) is 2. The van der Waals surface area contributed by atoms with Gasteiger partial charge in [0.2, 0.25) is 0 Å². The molecule has 1 heterocycles. The molecule has 0 saturated heterocycles. The maximum absolute atomic E-state index is 11.5. The fourth-order valence-corrected chi connectivity index (χ4v) is 4.01. The third-order valence-corrected chi connectivity index (χ3v) is 5.85. The molecule has 0 aliphatic heterocycles. The van der Waals surface area contributed by atoms with Crippen LogP contribution in [0.3, 0.4) is 0 Å². The summed E-state index contributed by atoms with van der Waals surface area (Å²) >= 11 is 1.60. The average molecular weight is 320 g/mol. The van der Waals surface area contributed by atoms with Gasteiger partial charge >= 0.3 is 0 Å². The van der Waals surface area contributed by atoms with Crippen molar-refractivity contribution in [2.24, 2.45) is 0 Å². The minimum absolute atomic E-state index is 0.327. The summed E-state index contributed by atoms with van der Waals surface area (Å²) in [5, 5.41) is 10.5. The molecule has 0 radical (unpaired) electrons. The van der Waals surface area contributed by atoms with Crippen LogP contribution in [-0.2, 0) is 9.84 Å². The number of allylic oxidation sites excluding steroid dienone is 2. The van der Waals surface area contributed by atoms with Crippen LogP contribution in [0, 0.1) is 0 Å². The highest BCUT2D eigenvalue weighted by Crippen LogP contribution is 2.34. The van der Waals surface area contributed by atoms with Crippen LogP contribution in [0.5, 0.6) is 0 Å². The number of aromatic nitrogens is 2. The van der Waals surface area contributed by atoms with Crippen LogP contribution in [0.4, 0.5) is 0 Å². The fourth-order valence-electron chi connectivity index (χ4n) is 2.38. The Balaban J connectivity index is 1.84. The molecule has 0 saturated carbocycles. The molecule has 1 aromatic heterocycles. The van der Waals surface area contributed by atoms with Gasteiger partial charge in [0.05, 0.1) is 4.90 Å². The minimum atomic E-state index is -3.15. The largest absolute Gasteiger partial charge is 0.224 e. The van der Waals surface area contributed by atoms with Crippen molar-refractivity contribution in [2.45, 2.75) is 30.1 Å². The van der Waals surface area contributed by atoms with E-state index in [1.54, 1.807) is 35.6 Å². The predicted octanol–water partition coefficient (Wildman–Crippen LogP) is 3.43. The zero-order chi connectivity index (χ0) is 14.9. The van der Waals surface area contributed by atoms with Crippen molar-refractivity contribution >= 4 is 21.2 Å². The van der Waals surface area contributed by atoms with E-state index in [4.69, 9.17) is 0 Å². The van der Waals surface area contributed by atoms with Gasteiger partial charge in [-0.05, 0) is 31.4 Å². The topological polar surface area (TPSA) is 59.9 Å². The van der Waals surface area contributed by atoms with E-state index in [0.29, 0.717) is 10.8 Å². The molecule has 6 heteroatoms. The number of rotatable bonds is 3. The van der Waals surface area contributed by atoms with Gasteiger partial charge in [0.1, 0.15) is 10.0 Å². The van der Waals surface area contributed by atoms with Crippen LogP contribution in [0.15, 0.2) is 41.3 Å². The van der Waals surface area contributed by atoms with Gasteiger partial charge in [-0.2, -0.15) is 0 Å². The van der Waals surface area contributed by atoms with E-state index in [1.807, 2.05) is 0 Å². The lowest BCUT2D eigenvalue weighted by Crippen LogP contribution is -1.99. The Kier molecular flexibility index (Phi) is 3.91. The summed E-state index contributed by atoms with van der Waals surface area (Å²) in [6.45, 7) is 0. The first kappa shape index (κ1) is 14.4. The molecule has 0 N–H and O–H groups in total. The van der Waals surface area contributed by atoms with Crippen molar-refractivity contribution < 1.29 is 8.42 Å². The van der Waals surface area contributed by atoms with Crippen LogP contribution in [0.25, 0.3) is 10.6 Å². The van der Waals surface area contributed by atoms with Gasteiger partial charge in [-0.1, -0.05) is 35.6 Å². The predicted molar refractivity (Wildman–Crippen MR) is 84.2 cm³/mol. The maximum atomic E-state index is 11.5. The standard InChI is InChI=1S/C15H16N2O2S2/c1-21(18,19)13-9-7-12(8-10-13)15-17-16-14(20-15)11-5-3-2-4-6-11/h2-3,7-11H,4-6H2,1H3. The first-order valence-electron chi connectivity index (χ1n) is 6.83. The Morgan fingerprint density at radius 2 is 1.90 bits per heavy atom. The lowest BCUT2D eigenvalue weighted by atomic mass is 9.95. The van der Waals surface area contributed by atoms with Crippen LogP contribution >= 0.6 is 11.3 Å². The highest BCUT2D eigenvalue weighted by atomic mass is 32.2. The van der Waals surface area contributed by atoms with Gasteiger partial charge in [-0.25, -0.2) is 8.42 Å². The Labute approximate surface area is 128 Å². The number of hydrogen-bond acceptors (Lipinski definition) is 5. The monoisotopic (exact) mass is 320 g/mol. The highest BCUT2D eigenvalue weighted by molar-refractivity contribution is 7.90. The Morgan fingerprint density at radius 1 is 1.14 bits per heavy atom. The summed E-state index contributed by atoms with van der Waals surface area (Å²) in [4.78, 5) is 0.327. The van der Waals surface area contributed by atoms with E-state index in [-0.39, 0.29) is 0 Å². The average Bonchev–Trinajstić information content (AvgIpc) is 2.97. The van der Waals surface area contributed by atoms with E-state index in [2.05, 4.69) is 22.3 Å². The molecule has 4 nitrogen and oxygen atoms in total.